The average Bonchev–Trinajstić information content (AvgIpc) is 2.70. The summed E-state index contributed by atoms with van der Waals surface area (Å²) in [5.41, 5.74) is 5.06. The maximum Gasteiger partial charge on any atom is 0.175 e. The first-order valence-electron chi connectivity index (χ1n) is 9.41. The highest BCUT2D eigenvalue weighted by Crippen LogP contribution is 2.37. The molecule has 3 rings (SSSR count). The number of ether oxygens (including phenoxy) is 2. The Morgan fingerprint density at radius 3 is 2.45 bits per heavy atom. The SMILES string of the molecule is CCOc1cc(C=Nc2ccc(C)c(Cl)c2)cc(Br)c1OCc1ccc(C)cc1. The number of rotatable bonds is 7. The lowest BCUT2D eigenvalue weighted by molar-refractivity contribution is 0.267. The van der Waals surface area contributed by atoms with Gasteiger partial charge in [-0.2, -0.15) is 0 Å². The third-order valence-corrected chi connectivity index (χ3v) is 5.35. The summed E-state index contributed by atoms with van der Waals surface area (Å²) in [6.07, 6.45) is 1.79. The molecular formula is C24H23BrClNO2. The number of benzene rings is 3. The van der Waals surface area contributed by atoms with Gasteiger partial charge in [0, 0.05) is 11.2 Å². The lowest BCUT2D eigenvalue weighted by Crippen LogP contribution is -2.01. The molecule has 0 N–H and O–H groups in total. The van der Waals surface area contributed by atoms with Gasteiger partial charge in [0.1, 0.15) is 6.61 Å². The fourth-order valence-corrected chi connectivity index (χ4v) is 3.47. The molecule has 0 atom stereocenters. The second-order valence-electron chi connectivity index (χ2n) is 6.73. The molecule has 3 aromatic carbocycles. The van der Waals surface area contributed by atoms with E-state index in [1.807, 2.05) is 44.2 Å². The summed E-state index contributed by atoms with van der Waals surface area (Å²) in [6.45, 7) is 7.00. The van der Waals surface area contributed by atoms with Crippen LogP contribution < -0.4 is 9.47 Å². The van der Waals surface area contributed by atoms with Crippen molar-refractivity contribution in [2.75, 3.05) is 6.61 Å². The third kappa shape index (κ3) is 5.84. The zero-order chi connectivity index (χ0) is 20.8. The summed E-state index contributed by atoms with van der Waals surface area (Å²) in [4.78, 5) is 4.53. The Morgan fingerprint density at radius 2 is 1.76 bits per heavy atom. The maximum atomic E-state index is 6.18. The summed E-state index contributed by atoms with van der Waals surface area (Å²) >= 11 is 9.80. The summed E-state index contributed by atoms with van der Waals surface area (Å²) < 4.78 is 12.7. The van der Waals surface area contributed by atoms with E-state index in [4.69, 9.17) is 21.1 Å². The van der Waals surface area contributed by atoms with E-state index in [0.717, 1.165) is 26.9 Å². The fraction of sp³-hybridized carbons (Fsp3) is 0.208. The van der Waals surface area contributed by atoms with E-state index in [-0.39, 0.29) is 0 Å². The molecule has 150 valence electrons. The van der Waals surface area contributed by atoms with E-state index in [9.17, 15) is 0 Å². The molecule has 0 amide bonds. The standard InChI is InChI=1S/C24H23BrClNO2/c1-4-28-23-12-19(14-27-20-10-7-17(3)22(26)13-20)11-21(25)24(23)29-15-18-8-5-16(2)6-9-18/h5-14H,4,15H2,1-3H3. The van der Waals surface area contributed by atoms with Crippen LogP contribution in [0.1, 0.15) is 29.2 Å². The third-order valence-electron chi connectivity index (χ3n) is 4.35. The summed E-state index contributed by atoms with van der Waals surface area (Å²) in [6, 6.07) is 17.9. The molecule has 0 saturated heterocycles. The van der Waals surface area contributed by atoms with Gasteiger partial charge in [0.2, 0.25) is 0 Å². The van der Waals surface area contributed by atoms with E-state index in [0.29, 0.717) is 29.7 Å². The van der Waals surface area contributed by atoms with Crippen molar-refractivity contribution in [3.8, 4) is 11.5 Å². The Balaban J connectivity index is 1.82. The minimum Gasteiger partial charge on any atom is -0.490 e. The highest BCUT2D eigenvalue weighted by Gasteiger charge is 2.12. The van der Waals surface area contributed by atoms with Crippen LogP contribution in [0, 0.1) is 13.8 Å². The molecule has 3 nitrogen and oxygen atoms in total. The van der Waals surface area contributed by atoms with Gasteiger partial charge in [0.05, 0.1) is 16.8 Å². The quantitative estimate of drug-likeness (QED) is 0.334. The zero-order valence-electron chi connectivity index (χ0n) is 16.7. The lowest BCUT2D eigenvalue weighted by atomic mass is 10.1. The zero-order valence-corrected chi connectivity index (χ0v) is 19.0. The Labute approximate surface area is 185 Å². The predicted molar refractivity (Wildman–Crippen MR) is 124 cm³/mol. The molecule has 0 aromatic heterocycles. The molecular weight excluding hydrogens is 450 g/mol. The first kappa shape index (κ1) is 21.4. The van der Waals surface area contributed by atoms with Gasteiger partial charge < -0.3 is 9.47 Å². The van der Waals surface area contributed by atoms with Crippen LogP contribution in [0.15, 0.2) is 64.1 Å². The second-order valence-corrected chi connectivity index (χ2v) is 7.99. The summed E-state index contributed by atoms with van der Waals surface area (Å²) in [5, 5.41) is 0.704. The van der Waals surface area contributed by atoms with Gasteiger partial charge in [-0.1, -0.05) is 47.5 Å². The smallest absolute Gasteiger partial charge is 0.175 e. The Hall–Kier alpha value is -2.30. The highest BCUT2D eigenvalue weighted by atomic mass is 79.9. The molecule has 0 spiro atoms. The van der Waals surface area contributed by atoms with Crippen molar-refractivity contribution in [2.45, 2.75) is 27.4 Å². The Morgan fingerprint density at radius 1 is 1.00 bits per heavy atom. The van der Waals surface area contributed by atoms with Crippen LogP contribution in [0.3, 0.4) is 0 Å². The van der Waals surface area contributed by atoms with Crippen molar-refractivity contribution in [1.29, 1.82) is 0 Å². The molecule has 3 aromatic rings. The van der Waals surface area contributed by atoms with Crippen LogP contribution in [0.25, 0.3) is 0 Å². The van der Waals surface area contributed by atoms with Gasteiger partial charge in [0.25, 0.3) is 0 Å². The number of nitrogens with zero attached hydrogens (tertiary/aromatic N) is 1. The first-order chi connectivity index (χ1) is 14.0. The molecule has 5 heteroatoms. The van der Waals surface area contributed by atoms with Crippen LogP contribution in [-0.2, 0) is 6.61 Å². The second kappa shape index (κ2) is 9.95. The molecule has 0 fully saturated rings. The van der Waals surface area contributed by atoms with Crippen LogP contribution in [0.5, 0.6) is 11.5 Å². The van der Waals surface area contributed by atoms with Gasteiger partial charge >= 0.3 is 0 Å². The van der Waals surface area contributed by atoms with Gasteiger partial charge in [0.15, 0.2) is 11.5 Å². The minimum atomic E-state index is 0.467. The monoisotopic (exact) mass is 471 g/mol. The van der Waals surface area contributed by atoms with Crippen LogP contribution in [0.4, 0.5) is 5.69 Å². The van der Waals surface area contributed by atoms with Crippen molar-refractivity contribution < 1.29 is 9.47 Å². The molecule has 0 aliphatic carbocycles. The molecule has 0 heterocycles. The fourth-order valence-electron chi connectivity index (χ4n) is 2.72. The number of hydrogen-bond donors (Lipinski definition) is 0. The van der Waals surface area contributed by atoms with Crippen LogP contribution in [-0.4, -0.2) is 12.8 Å². The minimum absolute atomic E-state index is 0.467. The summed E-state index contributed by atoms with van der Waals surface area (Å²) in [7, 11) is 0. The number of aliphatic imine (C=N–C) groups is 1. The molecule has 0 unspecified atom stereocenters. The van der Waals surface area contributed by atoms with Crippen molar-refractivity contribution >= 4 is 39.4 Å². The Bertz CT molecular complexity index is 1020. The molecule has 0 saturated carbocycles. The maximum absolute atomic E-state index is 6.18. The van der Waals surface area contributed by atoms with Crippen LogP contribution in [0.2, 0.25) is 5.02 Å². The van der Waals surface area contributed by atoms with E-state index in [1.54, 1.807) is 6.21 Å². The van der Waals surface area contributed by atoms with E-state index >= 15 is 0 Å². The highest BCUT2D eigenvalue weighted by molar-refractivity contribution is 9.10. The predicted octanol–water partition coefficient (Wildman–Crippen LogP) is 7.45. The average molecular weight is 473 g/mol. The van der Waals surface area contributed by atoms with Gasteiger partial charge in [-0.3, -0.25) is 4.99 Å². The van der Waals surface area contributed by atoms with Crippen molar-refractivity contribution in [3.63, 3.8) is 0 Å². The largest absolute Gasteiger partial charge is 0.490 e. The number of aryl methyl sites for hydroxylation is 2. The van der Waals surface area contributed by atoms with E-state index in [2.05, 4.69) is 52.1 Å². The van der Waals surface area contributed by atoms with Crippen LogP contribution >= 0.6 is 27.5 Å². The topological polar surface area (TPSA) is 30.8 Å². The van der Waals surface area contributed by atoms with Crippen molar-refractivity contribution in [3.05, 3.63) is 86.3 Å². The van der Waals surface area contributed by atoms with E-state index in [1.165, 1.54) is 5.56 Å². The summed E-state index contributed by atoms with van der Waals surface area (Å²) in [5.74, 6) is 1.36. The molecule has 29 heavy (non-hydrogen) atoms. The number of halogens is 2. The van der Waals surface area contributed by atoms with Gasteiger partial charge in [-0.15, -0.1) is 0 Å². The van der Waals surface area contributed by atoms with Crippen molar-refractivity contribution in [2.24, 2.45) is 4.99 Å². The molecule has 0 aliphatic rings. The van der Waals surface area contributed by atoms with Crippen molar-refractivity contribution in [1.82, 2.24) is 0 Å². The normalized spacial score (nSPS) is 11.1. The lowest BCUT2D eigenvalue weighted by Gasteiger charge is -2.15. The molecule has 0 radical (unpaired) electrons. The molecule has 0 aliphatic heterocycles. The molecule has 0 bridgehead atoms. The first-order valence-corrected chi connectivity index (χ1v) is 10.6. The van der Waals surface area contributed by atoms with E-state index < -0.39 is 0 Å². The van der Waals surface area contributed by atoms with Gasteiger partial charge in [-0.05, 0) is 77.7 Å². The Kier molecular flexibility index (Phi) is 7.34. The van der Waals surface area contributed by atoms with Gasteiger partial charge in [-0.25, -0.2) is 0 Å². The number of hydrogen-bond acceptors (Lipinski definition) is 3.